The third-order valence-corrected chi connectivity index (χ3v) is 8.55. The number of anilines is 2. The Morgan fingerprint density at radius 2 is 1.74 bits per heavy atom. The summed E-state index contributed by atoms with van der Waals surface area (Å²) in [6.07, 6.45) is 4.61. The molecule has 7 nitrogen and oxygen atoms in total. The van der Waals surface area contributed by atoms with Gasteiger partial charge in [0, 0.05) is 16.4 Å². The number of carbonyl (C=O) groups excluding carboxylic acids is 2. The van der Waals surface area contributed by atoms with E-state index in [1.165, 1.54) is 23.1 Å². The molecule has 1 saturated carbocycles. The summed E-state index contributed by atoms with van der Waals surface area (Å²) < 4.78 is 1.62. The molecule has 0 unspecified atom stereocenters. The van der Waals surface area contributed by atoms with Gasteiger partial charge in [-0.2, -0.15) is 0 Å². The van der Waals surface area contributed by atoms with Crippen LogP contribution in [0.3, 0.4) is 0 Å². The van der Waals surface area contributed by atoms with Gasteiger partial charge in [0.2, 0.25) is 11.8 Å². The van der Waals surface area contributed by atoms with Crippen molar-refractivity contribution in [3.63, 3.8) is 0 Å². The van der Waals surface area contributed by atoms with E-state index in [1.807, 2.05) is 24.3 Å². The van der Waals surface area contributed by atoms with Crippen LogP contribution in [0.4, 0.5) is 11.4 Å². The van der Waals surface area contributed by atoms with E-state index >= 15 is 0 Å². The second-order valence-electron chi connectivity index (χ2n) is 8.33. The van der Waals surface area contributed by atoms with Crippen molar-refractivity contribution in [1.29, 1.82) is 0 Å². The zero-order valence-electron chi connectivity index (χ0n) is 17.7. The number of nitrogens with one attached hydrogen (secondary N) is 2. The molecule has 2 aromatic carbocycles. The Balaban J connectivity index is 1.22. The standard InChI is InChI=1S/C24H20ClN3O4S2/c25-14-3-5-15(6-4-14)26-19(29)11-33-24-28-17-8-7-16(10-18(17)34-24)27-22(30)20-12-1-2-13(9-12)21(20)23(31)32/h1-8,10,12-13,20-21H,9,11H2,(H,26,29)(H,27,30)(H,31,32)/t12-,13-,20+,21+/m0/s1. The Morgan fingerprint density at radius 1 is 1.03 bits per heavy atom. The summed E-state index contributed by atoms with van der Waals surface area (Å²) in [4.78, 5) is 41.4. The smallest absolute Gasteiger partial charge is 0.307 e. The maximum absolute atomic E-state index is 12.9. The van der Waals surface area contributed by atoms with Crippen LogP contribution in [-0.2, 0) is 14.4 Å². The number of thiazole rings is 1. The molecule has 3 aromatic rings. The molecule has 174 valence electrons. The first kappa shape index (κ1) is 22.9. The van der Waals surface area contributed by atoms with Gasteiger partial charge >= 0.3 is 5.97 Å². The zero-order valence-corrected chi connectivity index (χ0v) is 20.1. The molecule has 2 aliphatic carbocycles. The maximum atomic E-state index is 12.9. The number of halogens is 1. The first-order valence-electron chi connectivity index (χ1n) is 10.7. The fourth-order valence-corrected chi connectivity index (χ4v) is 6.68. The first-order valence-corrected chi connectivity index (χ1v) is 12.9. The van der Waals surface area contributed by atoms with Crippen LogP contribution in [0.2, 0.25) is 5.02 Å². The van der Waals surface area contributed by atoms with Gasteiger partial charge in [-0.15, -0.1) is 11.3 Å². The summed E-state index contributed by atoms with van der Waals surface area (Å²) in [5.74, 6) is -2.45. The molecule has 4 atom stereocenters. The van der Waals surface area contributed by atoms with Crippen molar-refractivity contribution in [2.24, 2.45) is 23.7 Å². The maximum Gasteiger partial charge on any atom is 0.307 e. The molecule has 1 fully saturated rings. The quantitative estimate of drug-likeness (QED) is 0.298. The third-order valence-electron chi connectivity index (χ3n) is 6.14. The number of aliphatic carboxylic acids is 1. The second kappa shape index (κ2) is 9.40. The van der Waals surface area contributed by atoms with Gasteiger partial charge in [-0.1, -0.05) is 35.5 Å². The number of fused-ring (bicyclic) bond motifs is 3. The molecule has 2 amide bonds. The number of carboxylic acid groups (broad SMARTS) is 1. The first-order chi connectivity index (χ1) is 16.4. The lowest BCUT2D eigenvalue weighted by molar-refractivity contribution is -0.146. The topological polar surface area (TPSA) is 108 Å². The Bertz CT molecular complexity index is 1310. The molecule has 3 N–H and O–H groups in total. The largest absolute Gasteiger partial charge is 0.481 e. The SMILES string of the molecule is O=C(CSc1nc2ccc(NC(=O)[C@H]3[C@H](C(=O)O)[C@H]4C=C[C@H]3C4)cc2s1)Nc1ccc(Cl)cc1. The van der Waals surface area contributed by atoms with Crippen LogP contribution in [0.25, 0.3) is 10.2 Å². The van der Waals surface area contributed by atoms with Gasteiger partial charge < -0.3 is 15.7 Å². The molecule has 2 aliphatic rings. The average Bonchev–Trinajstić information content (AvgIpc) is 3.53. The zero-order chi connectivity index (χ0) is 23.8. The van der Waals surface area contributed by atoms with Crippen molar-refractivity contribution < 1.29 is 19.5 Å². The van der Waals surface area contributed by atoms with Crippen LogP contribution < -0.4 is 10.6 Å². The number of benzene rings is 2. The van der Waals surface area contributed by atoms with Crippen molar-refractivity contribution >= 4 is 74.1 Å². The van der Waals surface area contributed by atoms with E-state index in [-0.39, 0.29) is 29.4 Å². The molecule has 0 aliphatic heterocycles. The van der Waals surface area contributed by atoms with Crippen LogP contribution >= 0.6 is 34.7 Å². The van der Waals surface area contributed by atoms with E-state index in [0.29, 0.717) is 16.4 Å². The molecule has 2 bridgehead atoms. The van der Waals surface area contributed by atoms with Gasteiger partial charge in [0.25, 0.3) is 0 Å². The Hall–Kier alpha value is -2.88. The number of nitrogens with zero attached hydrogens (tertiary/aromatic N) is 1. The highest BCUT2D eigenvalue weighted by atomic mass is 35.5. The summed E-state index contributed by atoms with van der Waals surface area (Å²) in [7, 11) is 0. The monoisotopic (exact) mass is 513 g/mol. The number of allylic oxidation sites excluding steroid dienone is 2. The van der Waals surface area contributed by atoms with Gasteiger partial charge in [0.1, 0.15) is 0 Å². The number of carboxylic acids is 1. The highest BCUT2D eigenvalue weighted by Gasteiger charge is 2.51. The molecule has 34 heavy (non-hydrogen) atoms. The van der Waals surface area contributed by atoms with E-state index in [4.69, 9.17) is 11.6 Å². The molecular weight excluding hydrogens is 494 g/mol. The average molecular weight is 514 g/mol. The van der Waals surface area contributed by atoms with E-state index in [2.05, 4.69) is 15.6 Å². The fourth-order valence-electron chi connectivity index (χ4n) is 4.64. The highest BCUT2D eigenvalue weighted by Crippen LogP contribution is 2.48. The Labute approximate surface area is 208 Å². The van der Waals surface area contributed by atoms with Crippen molar-refractivity contribution in [1.82, 2.24) is 4.98 Å². The lowest BCUT2D eigenvalue weighted by Crippen LogP contribution is -2.36. The van der Waals surface area contributed by atoms with E-state index < -0.39 is 17.8 Å². The molecule has 1 heterocycles. The van der Waals surface area contributed by atoms with E-state index in [9.17, 15) is 19.5 Å². The number of carbonyl (C=O) groups is 3. The van der Waals surface area contributed by atoms with Crippen molar-refractivity contribution in [3.05, 3.63) is 59.6 Å². The van der Waals surface area contributed by atoms with E-state index in [0.717, 1.165) is 21.0 Å². The number of thioether (sulfide) groups is 1. The van der Waals surface area contributed by atoms with Gasteiger partial charge in [-0.05, 0) is 60.7 Å². The van der Waals surface area contributed by atoms with Gasteiger partial charge in [0.15, 0.2) is 4.34 Å². The van der Waals surface area contributed by atoms with Crippen LogP contribution in [0.15, 0.2) is 59.0 Å². The summed E-state index contributed by atoms with van der Waals surface area (Å²) in [5.41, 5.74) is 2.06. The number of aromatic nitrogens is 1. The minimum atomic E-state index is -0.920. The highest BCUT2D eigenvalue weighted by molar-refractivity contribution is 8.01. The summed E-state index contributed by atoms with van der Waals surface area (Å²) >= 11 is 8.63. The molecule has 1 aromatic heterocycles. The normalized spacial score (nSPS) is 22.7. The minimum Gasteiger partial charge on any atom is -0.481 e. The van der Waals surface area contributed by atoms with Crippen molar-refractivity contribution in [3.8, 4) is 0 Å². The number of amides is 2. The number of hydrogen-bond acceptors (Lipinski definition) is 6. The van der Waals surface area contributed by atoms with Crippen LogP contribution in [-0.4, -0.2) is 33.6 Å². The number of rotatable bonds is 7. The molecule has 0 spiro atoms. The third kappa shape index (κ3) is 4.68. The number of hydrogen-bond donors (Lipinski definition) is 3. The van der Waals surface area contributed by atoms with Gasteiger partial charge in [-0.25, -0.2) is 4.98 Å². The Kier molecular flexibility index (Phi) is 6.33. The van der Waals surface area contributed by atoms with Crippen LogP contribution in [0.1, 0.15) is 6.42 Å². The summed E-state index contributed by atoms with van der Waals surface area (Å²) in [5, 5.41) is 15.9. The minimum absolute atomic E-state index is 0.0275. The van der Waals surface area contributed by atoms with Gasteiger partial charge in [-0.3, -0.25) is 14.4 Å². The van der Waals surface area contributed by atoms with Crippen LogP contribution in [0, 0.1) is 23.7 Å². The van der Waals surface area contributed by atoms with Crippen molar-refractivity contribution in [2.45, 2.75) is 10.8 Å². The molecule has 0 saturated heterocycles. The predicted octanol–water partition coefficient (Wildman–Crippen LogP) is 5.14. The lowest BCUT2D eigenvalue weighted by atomic mass is 9.82. The summed E-state index contributed by atoms with van der Waals surface area (Å²) in [6.45, 7) is 0. The van der Waals surface area contributed by atoms with Gasteiger partial charge in [0.05, 0.1) is 27.8 Å². The fraction of sp³-hybridized carbons (Fsp3) is 0.250. The molecule has 0 radical (unpaired) electrons. The molecule has 10 heteroatoms. The second-order valence-corrected chi connectivity index (χ2v) is 11.0. The lowest BCUT2D eigenvalue weighted by Gasteiger charge is -2.23. The van der Waals surface area contributed by atoms with Crippen LogP contribution in [0.5, 0.6) is 0 Å². The molecule has 5 rings (SSSR count). The predicted molar refractivity (Wildman–Crippen MR) is 134 cm³/mol. The Morgan fingerprint density at radius 3 is 2.47 bits per heavy atom. The van der Waals surface area contributed by atoms with Crippen molar-refractivity contribution in [2.75, 3.05) is 16.4 Å². The molecular formula is C24H20ClN3O4S2. The summed E-state index contributed by atoms with van der Waals surface area (Å²) in [6, 6.07) is 12.3. The van der Waals surface area contributed by atoms with E-state index in [1.54, 1.807) is 30.3 Å².